The van der Waals surface area contributed by atoms with Gasteiger partial charge in [-0.1, -0.05) is 12.7 Å². The number of likely N-dealkylation sites (tertiary alicyclic amines) is 1. The smallest absolute Gasteiger partial charge is 0.407 e. The molecule has 2 heterocycles. The van der Waals surface area contributed by atoms with Gasteiger partial charge in [-0.2, -0.15) is 0 Å². The van der Waals surface area contributed by atoms with Crippen LogP contribution in [0.4, 0.5) is 4.79 Å². The number of piperidine rings is 1. The highest BCUT2D eigenvalue weighted by Gasteiger charge is 2.26. The molecule has 3 rings (SSSR count). The van der Waals surface area contributed by atoms with Gasteiger partial charge in [-0.05, 0) is 31.0 Å². The summed E-state index contributed by atoms with van der Waals surface area (Å²) in [6.07, 6.45) is 2.46. The minimum absolute atomic E-state index is 0.0168. The normalized spacial score (nSPS) is 16.6. The molecule has 0 bridgehead atoms. The molecular formula is C17H20N2O5. The third-order valence-corrected chi connectivity index (χ3v) is 4.06. The lowest BCUT2D eigenvalue weighted by Crippen LogP contribution is -2.46. The van der Waals surface area contributed by atoms with Crippen LogP contribution >= 0.6 is 0 Å². The fraction of sp³-hybridized carbons (Fsp3) is 0.412. The summed E-state index contributed by atoms with van der Waals surface area (Å²) in [5.41, 5.74) is 0.580. The number of carbonyl (C=O) groups is 2. The van der Waals surface area contributed by atoms with Gasteiger partial charge in [0, 0.05) is 24.7 Å². The second-order valence-electron chi connectivity index (χ2n) is 5.67. The summed E-state index contributed by atoms with van der Waals surface area (Å²) in [4.78, 5) is 25.9. The lowest BCUT2D eigenvalue weighted by molar-refractivity contribution is 0.0702. The molecule has 0 aliphatic carbocycles. The molecule has 24 heavy (non-hydrogen) atoms. The summed E-state index contributed by atoms with van der Waals surface area (Å²) in [7, 11) is 0. The van der Waals surface area contributed by atoms with Gasteiger partial charge in [0.2, 0.25) is 6.79 Å². The van der Waals surface area contributed by atoms with Crippen molar-refractivity contribution in [3.05, 3.63) is 36.4 Å². The van der Waals surface area contributed by atoms with E-state index in [9.17, 15) is 9.59 Å². The Hall–Kier alpha value is -2.70. The van der Waals surface area contributed by atoms with E-state index in [2.05, 4.69) is 11.9 Å². The molecule has 1 aromatic carbocycles. The number of benzene rings is 1. The van der Waals surface area contributed by atoms with Crippen molar-refractivity contribution in [3.63, 3.8) is 0 Å². The van der Waals surface area contributed by atoms with Gasteiger partial charge in [0.25, 0.3) is 5.91 Å². The molecule has 0 spiro atoms. The molecule has 0 unspecified atom stereocenters. The van der Waals surface area contributed by atoms with Gasteiger partial charge in [-0.3, -0.25) is 4.79 Å². The van der Waals surface area contributed by atoms with E-state index in [1.807, 2.05) is 0 Å². The van der Waals surface area contributed by atoms with Gasteiger partial charge >= 0.3 is 6.09 Å². The van der Waals surface area contributed by atoms with Crippen molar-refractivity contribution in [2.45, 2.75) is 18.9 Å². The van der Waals surface area contributed by atoms with Crippen LogP contribution in [0, 0.1) is 0 Å². The van der Waals surface area contributed by atoms with Crippen molar-refractivity contribution in [1.29, 1.82) is 0 Å². The van der Waals surface area contributed by atoms with Crippen molar-refractivity contribution in [2.75, 3.05) is 26.5 Å². The SMILES string of the molecule is C=CCOC(=O)NC1CCN(C(=O)c2ccc3c(c2)OCO3)CC1. The summed E-state index contributed by atoms with van der Waals surface area (Å²) in [5.74, 6) is 1.22. The molecule has 0 saturated carbocycles. The quantitative estimate of drug-likeness (QED) is 0.853. The average molecular weight is 332 g/mol. The highest BCUT2D eigenvalue weighted by molar-refractivity contribution is 5.95. The molecule has 2 amide bonds. The molecule has 2 aliphatic rings. The Bertz CT molecular complexity index is 638. The third kappa shape index (κ3) is 3.61. The van der Waals surface area contributed by atoms with Crippen LogP contribution in [-0.4, -0.2) is 49.4 Å². The molecule has 2 aliphatic heterocycles. The maximum Gasteiger partial charge on any atom is 0.407 e. The van der Waals surface area contributed by atoms with Crippen LogP contribution in [0.25, 0.3) is 0 Å². The minimum atomic E-state index is -0.449. The summed E-state index contributed by atoms with van der Waals surface area (Å²) < 4.78 is 15.5. The number of hydrogen-bond acceptors (Lipinski definition) is 5. The zero-order valence-electron chi connectivity index (χ0n) is 13.3. The van der Waals surface area contributed by atoms with E-state index < -0.39 is 6.09 Å². The van der Waals surface area contributed by atoms with E-state index >= 15 is 0 Å². The lowest BCUT2D eigenvalue weighted by atomic mass is 10.0. The van der Waals surface area contributed by atoms with E-state index in [0.29, 0.717) is 43.0 Å². The number of nitrogens with one attached hydrogen (secondary N) is 1. The first-order chi connectivity index (χ1) is 11.7. The predicted octanol–water partition coefficient (Wildman–Crippen LogP) is 1.93. The first-order valence-corrected chi connectivity index (χ1v) is 7.90. The highest BCUT2D eigenvalue weighted by atomic mass is 16.7. The molecule has 128 valence electrons. The number of nitrogens with zero attached hydrogens (tertiary/aromatic N) is 1. The number of amides is 2. The van der Waals surface area contributed by atoms with Gasteiger partial charge in [0.05, 0.1) is 0 Å². The van der Waals surface area contributed by atoms with Gasteiger partial charge in [0.15, 0.2) is 11.5 Å². The second kappa shape index (κ2) is 7.25. The largest absolute Gasteiger partial charge is 0.454 e. The second-order valence-corrected chi connectivity index (χ2v) is 5.67. The van der Waals surface area contributed by atoms with E-state index in [1.165, 1.54) is 6.08 Å². The minimum Gasteiger partial charge on any atom is -0.454 e. The molecule has 1 N–H and O–H groups in total. The topological polar surface area (TPSA) is 77.1 Å². The maximum absolute atomic E-state index is 12.6. The molecule has 0 aromatic heterocycles. The number of rotatable bonds is 4. The van der Waals surface area contributed by atoms with Crippen molar-refractivity contribution in [3.8, 4) is 11.5 Å². The Labute approximate surface area is 140 Å². The van der Waals surface area contributed by atoms with Crippen molar-refractivity contribution in [1.82, 2.24) is 10.2 Å². The van der Waals surface area contributed by atoms with Gasteiger partial charge in [0.1, 0.15) is 6.61 Å². The van der Waals surface area contributed by atoms with E-state index in [0.717, 1.165) is 0 Å². The number of alkyl carbamates (subject to hydrolysis) is 1. The fourth-order valence-corrected chi connectivity index (χ4v) is 2.78. The Kier molecular flexibility index (Phi) is 4.88. The number of ether oxygens (including phenoxy) is 3. The first kappa shape index (κ1) is 16.2. The molecule has 1 aromatic rings. The third-order valence-electron chi connectivity index (χ3n) is 4.06. The van der Waals surface area contributed by atoms with Crippen LogP contribution in [0.3, 0.4) is 0 Å². The summed E-state index contributed by atoms with van der Waals surface area (Å²) in [6.45, 7) is 5.03. The molecule has 0 radical (unpaired) electrons. The van der Waals surface area contributed by atoms with Crippen LogP contribution < -0.4 is 14.8 Å². The average Bonchev–Trinajstić information content (AvgIpc) is 3.07. The zero-order chi connectivity index (χ0) is 16.9. The number of carbonyl (C=O) groups excluding carboxylic acids is 2. The summed E-state index contributed by atoms with van der Waals surface area (Å²) >= 11 is 0. The Morgan fingerprint density at radius 3 is 2.79 bits per heavy atom. The van der Waals surface area contributed by atoms with Crippen molar-refractivity contribution < 1.29 is 23.8 Å². The van der Waals surface area contributed by atoms with Crippen molar-refractivity contribution in [2.24, 2.45) is 0 Å². The molecule has 1 saturated heterocycles. The maximum atomic E-state index is 12.6. The molecular weight excluding hydrogens is 312 g/mol. The van der Waals surface area contributed by atoms with Gasteiger partial charge in [-0.25, -0.2) is 4.79 Å². The standard InChI is InChI=1S/C17H20N2O5/c1-2-9-22-17(21)18-13-5-7-19(8-6-13)16(20)12-3-4-14-15(10-12)24-11-23-14/h2-4,10,13H,1,5-9,11H2,(H,18,21). The fourth-order valence-electron chi connectivity index (χ4n) is 2.78. The van der Waals surface area contributed by atoms with E-state index in [1.54, 1.807) is 23.1 Å². The summed E-state index contributed by atoms with van der Waals surface area (Å²) in [6, 6.07) is 5.22. The molecule has 7 nitrogen and oxygen atoms in total. The van der Waals surface area contributed by atoms with Crippen LogP contribution in [0.5, 0.6) is 11.5 Å². The Balaban J connectivity index is 1.52. The Morgan fingerprint density at radius 2 is 2.04 bits per heavy atom. The van der Waals surface area contributed by atoms with Crippen LogP contribution in [0.1, 0.15) is 23.2 Å². The summed E-state index contributed by atoms with van der Waals surface area (Å²) in [5, 5.41) is 2.80. The molecule has 1 fully saturated rings. The van der Waals surface area contributed by atoms with E-state index in [-0.39, 0.29) is 25.3 Å². The van der Waals surface area contributed by atoms with Crippen molar-refractivity contribution >= 4 is 12.0 Å². The first-order valence-electron chi connectivity index (χ1n) is 7.90. The monoisotopic (exact) mass is 332 g/mol. The number of fused-ring (bicyclic) bond motifs is 1. The highest BCUT2D eigenvalue weighted by Crippen LogP contribution is 2.33. The Morgan fingerprint density at radius 1 is 1.29 bits per heavy atom. The van der Waals surface area contributed by atoms with Gasteiger partial charge < -0.3 is 24.4 Å². The van der Waals surface area contributed by atoms with Gasteiger partial charge in [-0.15, -0.1) is 0 Å². The van der Waals surface area contributed by atoms with Crippen LogP contribution in [0.2, 0.25) is 0 Å². The lowest BCUT2D eigenvalue weighted by Gasteiger charge is -2.32. The van der Waals surface area contributed by atoms with Crippen LogP contribution in [0.15, 0.2) is 30.9 Å². The molecule has 0 atom stereocenters. The molecule has 7 heteroatoms. The predicted molar refractivity (Wildman–Crippen MR) is 86.2 cm³/mol. The van der Waals surface area contributed by atoms with Crippen LogP contribution in [-0.2, 0) is 4.74 Å². The van der Waals surface area contributed by atoms with E-state index in [4.69, 9.17) is 14.2 Å². The number of hydrogen-bond donors (Lipinski definition) is 1. The zero-order valence-corrected chi connectivity index (χ0v) is 13.3.